The second kappa shape index (κ2) is 12.5. The molecule has 0 aliphatic heterocycles. The van der Waals surface area contributed by atoms with Gasteiger partial charge in [0.1, 0.15) is 0 Å². The van der Waals surface area contributed by atoms with Crippen molar-refractivity contribution in [2.45, 2.75) is 142 Å². The summed E-state index contributed by atoms with van der Waals surface area (Å²) in [5.74, 6) is 4.63. The zero-order chi connectivity index (χ0) is 21.2. The standard InChI is InChI=1S/C29H51N/c1-3-5-7-9-24-11-15-26(16-12-24)27-19-21-29(23-30,22-20-27)28-17-13-25(14-18-28)10-8-6-4-2/h24-28H,3-22H2,1-2H3/t24-,25-,26-,27?,28-,29?. The Balaban J connectivity index is 1.40. The molecule has 3 saturated carbocycles. The van der Waals surface area contributed by atoms with Crippen molar-refractivity contribution in [3.63, 3.8) is 0 Å². The van der Waals surface area contributed by atoms with Crippen LogP contribution >= 0.6 is 0 Å². The predicted octanol–water partition coefficient (Wildman–Crippen LogP) is 9.46. The van der Waals surface area contributed by atoms with E-state index in [0.717, 1.165) is 23.7 Å². The largest absolute Gasteiger partial charge is 0.198 e. The average Bonchev–Trinajstić information content (AvgIpc) is 2.80. The summed E-state index contributed by atoms with van der Waals surface area (Å²) < 4.78 is 0. The van der Waals surface area contributed by atoms with Crippen LogP contribution in [0.1, 0.15) is 142 Å². The van der Waals surface area contributed by atoms with Crippen LogP contribution < -0.4 is 0 Å². The lowest BCUT2D eigenvalue weighted by Crippen LogP contribution is -2.38. The number of hydrogen-bond acceptors (Lipinski definition) is 1. The van der Waals surface area contributed by atoms with E-state index >= 15 is 0 Å². The third-order valence-electron chi connectivity index (χ3n) is 9.76. The molecule has 0 unspecified atom stereocenters. The summed E-state index contributed by atoms with van der Waals surface area (Å²) in [5.41, 5.74) is 0.0439. The van der Waals surface area contributed by atoms with Crippen LogP contribution in [0.5, 0.6) is 0 Å². The van der Waals surface area contributed by atoms with E-state index in [4.69, 9.17) is 0 Å². The summed E-state index contributed by atoms with van der Waals surface area (Å²) in [4.78, 5) is 0. The van der Waals surface area contributed by atoms with Gasteiger partial charge in [-0.15, -0.1) is 0 Å². The maximum Gasteiger partial charge on any atom is 0.0692 e. The number of nitrogens with zero attached hydrogens (tertiary/aromatic N) is 1. The van der Waals surface area contributed by atoms with E-state index in [2.05, 4.69) is 19.9 Å². The fourth-order valence-electron chi connectivity index (χ4n) is 7.56. The lowest BCUT2D eigenvalue weighted by Gasteiger charge is -2.46. The molecule has 3 aliphatic carbocycles. The van der Waals surface area contributed by atoms with E-state index in [9.17, 15) is 5.26 Å². The number of rotatable bonds is 10. The van der Waals surface area contributed by atoms with Gasteiger partial charge in [-0.3, -0.25) is 0 Å². The molecule has 0 bridgehead atoms. The van der Waals surface area contributed by atoms with Crippen LogP contribution in [0.15, 0.2) is 0 Å². The molecule has 0 heterocycles. The van der Waals surface area contributed by atoms with E-state index in [-0.39, 0.29) is 5.41 Å². The van der Waals surface area contributed by atoms with E-state index in [0.29, 0.717) is 5.92 Å². The highest BCUT2D eigenvalue weighted by Gasteiger charge is 2.44. The fraction of sp³-hybridized carbons (Fsp3) is 0.966. The molecule has 0 aromatic rings. The van der Waals surface area contributed by atoms with Crippen LogP contribution in [0.2, 0.25) is 0 Å². The molecule has 1 nitrogen and oxygen atoms in total. The Morgan fingerprint density at radius 3 is 1.57 bits per heavy atom. The van der Waals surface area contributed by atoms with Gasteiger partial charge in [-0.2, -0.15) is 5.26 Å². The van der Waals surface area contributed by atoms with Gasteiger partial charge in [0.15, 0.2) is 0 Å². The first-order valence-corrected chi connectivity index (χ1v) is 14.1. The molecule has 0 radical (unpaired) electrons. The first-order valence-electron chi connectivity index (χ1n) is 14.1. The van der Waals surface area contributed by atoms with Gasteiger partial charge in [0.05, 0.1) is 11.5 Å². The molecular weight excluding hydrogens is 362 g/mol. The van der Waals surface area contributed by atoms with Crippen LogP contribution in [0.25, 0.3) is 0 Å². The molecule has 172 valence electrons. The van der Waals surface area contributed by atoms with Crippen molar-refractivity contribution in [2.24, 2.45) is 35.0 Å². The van der Waals surface area contributed by atoms with Crippen molar-refractivity contribution in [3.05, 3.63) is 0 Å². The van der Waals surface area contributed by atoms with Gasteiger partial charge >= 0.3 is 0 Å². The van der Waals surface area contributed by atoms with E-state index in [1.807, 2.05) is 0 Å². The molecule has 3 fully saturated rings. The number of hydrogen-bond donors (Lipinski definition) is 0. The molecule has 0 aromatic carbocycles. The summed E-state index contributed by atoms with van der Waals surface area (Å²) in [6.45, 7) is 4.63. The summed E-state index contributed by atoms with van der Waals surface area (Å²) in [6.07, 6.45) is 28.0. The van der Waals surface area contributed by atoms with Crippen LogP contribution in [0.4, 0.5) is 0 Å². The molecule has 3 rings (SSSR count). The minimum absolute atomic E-state index is 0.0439. The Morgan fingerprint density at radius 1 is 0.633 bits per heavy atom. The molecule has 0 saturated heterocycles. The molecule has 0 N–H and O–H groups in total. The quantitative estimate of drug-likeness (QED) is 0.327. The Bertz CT molecular complexity index is 493. The molecule has 3 aliphatic rings. The van der Waals surface area contributed by atoms with Crippen LogP contribution in [0, 0.1) is 46.3 Å². The highest BCUT2D eigenvalue weighted by molar-refractivity contribution is 5.06. The molecule has 0 spiro atoms. The van der Waals surface area contributed by atoms with Crippen molar-refractivity contribution in [2.75, 3.05) is 0 Å². The Hall–Kier alpha value is -0.510. The second-order valence-corrected chi connectivity index (χ2v) is 11.6. The van der Waals surface area contributed by atoms with Crippen molar-refractivity contribution < 1.29 is 0 Å². The lowest BCUT2D eigenvalue weighted by molar-refractivity contribution is 0.0601. The van der Waals surface area contributed by atoms with Gasteiger partial charge in [0.2, 0.25) is 0 Å². The van der Waals surface area contributed by atoms with Crippen molar-refractivity contribution in [1.82, 2.24) is 0 Å². The zero-order valence-electron chi connectivity index (χ0n) is 20.5. The minimum atomic E-state index is 0.0439. The molecular formula is C29H51N. The fourth-order valence-corrected chi connectivity index (χ4v) is 7.56. The van der Waals surface area contributed by atoms with E-state index in [1.165, 1.54) is 128 Å². The van der Waals surface area contributed by atoms with Gasteiger partial charge in [-0.1, -0.05) is 90.9 Å². The molecule has 1 heteroatoms. The number of nitriles is 1. The third-order valence-corrected chi connectivity index (χ3v) is 9.76. The number of unbranched alkanes of at least 4 members (excludes halogenated alkanes) is 4. The molecule has 0 amide bonds. The molecule has 0 aromatic heterocycles. The maximum absolute atomic E-state index is 10.2. The van der Waals surface area contributed by atoms with E-state index < -0.39 is 0 Å². The van der Waals surface area contributed by atoms with Crippen LogP contribution in [-0.4, -0.2) is 0 Å². The van der Waals surface area contributed by atoms with Crippen molar-refractivity contribution in [3.8, 4) is 6.07 Å². The zero-order valence-corrected chi connectivity index (χ0v) is 20.5. The van der Waals surface area contributed by atoms with Gasteiger partial charge in [0, 0.05) is 0 Å². The van der Waals surface area contributed by atoms with Crippen molar-refractivity contribution in [1.29, 1.82) is 5.26 Å². The molecule has 30 heavy (non-hydrogen) atoms. The maximum atomic E-state index is 10.2. The third kappa shape index (κ3) is 6.50. The first-order chi connectivity index (χ1) is 14.7. The Morgan fingerprint density at radius 2 is 1.10 bits per heavy atom. The Labute approximate surface area is 188 Å². The minimum Gasteiger partial charge on any atom is -0.198 e. The van der Waals surface area contributed by atoms with E-state index in [1.54, 1.807) is 0 Å². The highest BCUT2D eigenvalue weighted by Crippen LogP contribution is 2.52. The monoisotopic (exact) mass is 413 g/mol. The highest BCUT2D eigenvalue weighted by atomic mass is 14.5. The lowest BCUT2D eigenvalue weighted by atomic mass is 9.57. The van der Waals surface area contributed by atoms with Crippen LogP contribution in [-0.2, 0) is 0 Å². The summed E-state index contributed by atoms with van der Waals surface area (Å²) in [6, 6.07) is 2.91. The average molecular weight is 414 g/mol. The van der Waals surface area contributed by atoms with Crippen molar-refractivity contribution >= 4 is 0 Å². The normalized spacial score (nSPS) is 37.6. The second-order valence-electron chi connectivity index (χ2n) is 11.6. The summed E-state index contributed by atoms with van der Waals surface area (Å²) >= 11 is 0. The van der Waals surface area contributed by atoms with Gasteiger partial charge in [-0.05, 0) is 81.0 Å². The Kier molecular flexibility index (Phi) is 10.1. The van der Waals surface area contributed by atoms with Gasteiger partial charge in [0.25, 0.3) is 0 Å². The SMILES string of the molecule is CCCCC[C@H]1CC[C@H](C2CCC(C#N)([C@H]3CC[C@H](CCCCC)CC3)CC2)CC1. The smallest absolute Gasteiger partial charge is 0.0692 e. The predicted molar refractivity (Wildman–Crippen MR) is 129 cm³/mol. The van der Waals surface area contributed by atoms with Crippen LogP contribution in [0.3, 0.4) is 0 Å². The van der Waals surface area contributed by atoms with Gasteiger partial charge in [-0.25, -0.2) is 0 Å². The topological polar surface area (TPSA) is 23.8 Å². The molecule has 0 atom stereocenters. The van der Waals surface area contributed by atoms with Gasteiger partial charge < -0.3 is 0 Å². The summed E-state index contributed by atoms with van der Waals surface area (Å²) in [7, 11) is 0. The summed E-state index contributed by atoms with van der Waals surface area (Å²) in [5, 5.41) is 10.2. The first kappa shape index (κ1) is 24.1.